The van der Waals surface area contributed by atoms with Crippen molar-refractivity contribution in [1.82, 2.24) is 20.0 Å². The van der Waals surface area contributed by atoms with E-state index in [4.69, 9.17) is 16.7 Å². The quantitative estimate of drug-likeness (QED) is 0.551. The van der Waals surface area contributed by atoms with Crippen molar-refractivity contribution < 1.29 is 9.90 Å². The molecular formula is C12H14ClN5O2. The predicted molar refractivity (Wildman–Crippen MR) is 74.4 cm³/mol. The molecule has 0 amide bonds. The lowest BCUT2D eigenvalue weighted by Gasteiger charge is -2.13. The third-order valence-electron chi connectivity index (χ3n) is 2.63. The first-order valence-corrected chi connectivity index (χ1v) is 6.30. The molecule has 2 heterocycles. The van der Waals surface area contributed by atoms with E-state index >= 15 is 0 Å². The minimum Gasteiger partial charge on any atom is -0.480 e. The predicted octanol–water partition coefficient (Wildman–Crippen LogP) is 1.37. The number of carbonyl (C=O) groups is 1. The summed E-state index contributed by atoms with van der Waals surface area (Å²) in [5.41, 5.74) is 6.39. The van der Waals surface area contributed by atoms with Crippen LogP contribution in [0.25, 0.3) is 0 Å². The Kier molecular flexibility index (Phi) is 4.54. The Morgan fingerprint density at radius 3 is 2.95 bits per heavy atom. The summed E-state index contributed by atoms with van der Waals surface area (Å²) in [6, 6.07) is 2.86. The van der Waals surface area contributed by atoms with Gasteiger partial charge in [0.25, 0.3) is 0 Å². The highest BCUT2D eigenvalue weighted by molar-refractivity contribution is 6.29. The molecule has 106 valence electrons. The maximum atomic E-state index is 10.7. The first-order chi connectivity index (χ1) is 9.56. The average Bonchev–Trinajstić information content (AvgIpc) is 2.86. The van der Waals surface area contributed by atoms with E-state index in [1.165, 1.54) is 6.92 Å². The second-order valence-corrected chi connectivity index (χ2v) is 4.58. The second kappa shape index (κ2) is 6.36. The van der Waals surface area contributed by atoms with Crippen LogP contribution in [0.3, 0.4) is 0 Å². The van der Waals surface area contributed by atoms with Gasteiger partial charge < -0.3 is 9.67 Å². The number of rotatable bonds is 6. The van der Waals surface area contributed by atoms with Crippen molar-refractivity contribution in [2.24, 2.45) is 0 Å². The van der Waals surface area contributed by atoms with Crippen molar-refractivity contribution >= 4 is 23.5 Å². The lowest BCUT2D eigenvalue weighted by molar-refractivity contribution is -0.138. The van der Waals surface area contributed by atoms with Gasteiger partial charge in [0.1, 0.15) is 11.2 Å². The molecule has 1 unspecified atom stereocenters. The number of carboxylic acids is 1. The number of carboxylic acid groups (broad SMARTS) is 1. The molecule has 0 radical (unpaired) electrons. The molecule has 2 aromatic rings. The first-order valence-electron chi connectivity index (χ1n) is 5.92. The van der Waals surface area contributed by atoms with Gasteiger partial charge in [-0.05, 0) is 18.6 Å². The number of nitrogens with zero attached hydrogens (tertiary/aromatic N) is 3. The van der Waals surface area contributed by atoms with Crippen LogP contribution >= 0.6 is 11.6 Å². The highest BCUT2D eigenvalue weighted by Crippen LogP contribution is 2.10. The highest BCUT2D eigenvalue weighted by atomic mass is 35.5. The number of halogens is 1. The molecule has 1 atom stereocenters. The van der Waals surface area contributed by atoms with Gasteiger partial charge >= 0.3 is 5.97 Å². The Bertz CT molecular complexity index is 584. The number of hydrogen-bond acceptors (Lipinski definition) is 5. The summed E-state index contributed by atoms with van der Waals surface area (Å²) in [5, 5.41) is 9.23. The number of hydrogen-bond donors (Lipinski definition) is 3. The normalized spacial score (nSPS) is 12.1. The van der Waals surface area contributed by atoms with Crippen LogP contribution < -0.4 is 10.9 Å². The standard InChI is InChI=1S/C12H14ClN5O2/c1-8(11(19)20)16-17-12-14-4-5-18(12)7-9-2-3-10(13)15-6-9/h2-6,8,16H,7H2,1H3,(H,14,17)(H,19,20). The van der Waals surface area contributed by atoms with Crippen LogP contribution in [0.2, 0.25) is 5.15 Å². The van der Waals surface area contributed by atoms with Gasteiger partial charge in [-0.25, -0.2) is 15.4 Å². The van der Waals surface area contributed by atoms with Gasteiger partial charge in [-0.1, -0.05) is 17.7 Å². The van der Waals surface area contributed by atoms with E-state index in [9.17, 15) is 4.79 Å². The number of hydrazine groups is 1. The summed E-state index contributed by atoms with van der Waals surface area (Å²) in [6.45, 7) is 2.08. The summed E-state index contributed by atoms with van der Waals surface area (Å²) in [4.78, 5) is 18.8. The van der Waals surface area contributed by atoms with Crippen molar-refractivity contribution in [2.75, 3.05) is 5.43 Å². The summed E-state index contributed by atoms with van der Waals surface area (Å²) in [5.74, 6) is -0.425. The molecule has 0 saturated carbocycles. The summed E-state index contributed by atoms with van der Waals surface area (Å²) in [6.07, 6.45) is 5.09. The topological polar surface area (TPSA) is 92.1 Å². The Morgan fingerprint density at radius 2 is 2.30 bits per heavy atom. The second-order valence-electron chi connectivity index (χ2n) is 4.20. The third-order valence-corrected chi connectivity index (χ3v) is 2.85. The minimum absolute atomic E-state index is 0.440. The number of aromatic nitrogens is 3. The monoisotopic (exact) mass is 295 g/mol. The van der Waals surface area contributed by atoms with Crippen LogP contribution in [-0.4, -0.2) is 31.7 Å². The average molecular weight is 296 g/mol. The lowest BCUT2D eigenvalue weighted by Crippen LogP contribution is -2.38. The minimum atomic E-state index is -0.947. The molecule has 2 aromatic heterocycles. The first kappa shape index (κ1) is 14.3. The lowest BCUT2D eigenvalue weighted by atomic mass is 10.3. The number of imidazole rings is 1. The van der Waals surface area contributed by atoms with Gasteiger partial charge in [0.15, 0.2) is 0 Å². The maximum Gasteiger partial charge on any atom is 0.322 e. The fourth-order valence-electron chi connectivity index (χ4n) is 1.49. The number of pyridine rings is 1. The molecule has 8 heteroatoms. The molecule has 0 aliphatic rings. The van der Waals surface area contributed by atoms with Gasteiger partial charge in [0.05, 0.1) is 6.54 Å². The van der Waals surface area contributed by atoms with Gasteiger partial charge in [-0.2, -0.15) is 0 Å². The van der Waals surface area contributed by atoms with E-state index in [-0.39, 0.29) is 0 Å². The molecule has 0 bridgehead atoms. The smallest absolute Gasteiger partial charge is 0.322 e. The van der Waals surface area contributed by atoms with Crippen LogP contribution in [0.4, 0.5) is 5.95 Å². The molecule has 0 fully saturated rings. The van der Waals surface area contributed by atoms with Crippen LogP contribution in [0.5, 0.6) is 0 Å². The summed E-state index contributed by atoms with van der Waals surface area (Å²) >= 11 is 5.73. The molecule has 0 aliphatic carbocycles. The Hall–Kier alpha value is -2.12. The number of anilines is 1. The Balaban J connectivity index is 2.01. The Labute approximate surface area is 120 Å². The molecule has 20 heavy (non-hydrogen) atoms. The zero-order valence-corrected chi connectivity index (χ0v) is 11.5. The molecule has 0 saturated heterocycles. The largest absolute Gasteiger partial charge is 0.480 e. The van der Waals surface area contributed by atoms with Crippen molar-refractivity contribution in [2.45, 2.75) is 19.5 Å². The zero-order chi connectivity index (χ0) is 14.5. The van der Waals surface area contributed by atoms with E-state index < -0.39 is 12.0 Å². The third kappa shape index (κ3) is 3.69. The van der Waals surface area contributed by atoms with Crippen LogP contribution in [0, 0.1) is 0 Å². The fraction of sp³-hybridized carbons (Fsp3) is 0.250. The van der Waals surface area contributed by atoms with E-state index in [2.05, 4.69) is 20.8 Å². The zero-order valence-electron chi connectivity index (χ0n) is 10.7. The molecular weight excluding hydrogens is 282 g/mol. The molecule has 0 spiro atoms. The number of aliphatic carboxylic acids is 1. The van der Waals surface area contributed by atoms with Gasteiger partial charge in [0.2, 0.25) is 5.95 Å². The van der Waals surface area contributed by atoms with Crippen molar-refractivity contribution in [3.63, 3.8) is 0 Å². The van der Waals surface area contributed by atoms with E-state index in [0.717, 1.165) is 5.56 Å². The van der Waals surface area contributed by atoms with Crippen LogP contribution in [-0.2, 0) is 11.3 Å². The molecule has 0 aromatic carbocycles. The summed E-state index contributed by atoms with van der Waals surface area (Å²) in [7, 11) is 0. The molecule has 3 N–H and O–H groups in total. The maximum absolute atomic E-state index is 10.7. The van der Waals surface area contributed by atoms with Gasteiger partial charge in [0, 0.05) is 18.6 Å². The Morgan fingerprint density at radius 1 is 1.50 bits per heavy atom. The SMILES string of the molecule is CC(NNc1nccn1Cc1ccc(Cl)nc1)C(=O)O. The van der Waals surface area contributed by atoms with E-state index in [1.54, 1.807) is 24.7 Å². The van der Waals surface area contributed by atoms with E-state index in [1.807, 2.05) is 10.6 Å². The van der Waals surface area contributed by atoms with E-state index in [0.29, 0.717) is 17.6 Å². The van der Waals surface area contributed by atoms with Crippen molar-refractivity contribution in [3.8, 4) is 0 Å². The van der Waals surface area contributed by atoms with Crippen molar-refractivity contribution in [3.05, 3.63) is 41.4 Å². The molecule has 7 nitrogen and oxygen atoms in total. The fourth-order valence-corrected chi connectivity index (χ4v) is 1.60. The number of nitrogens with one attached hydrogen (secondary N) is 2. The molecule has 0 aliphatic heterocycles. The molecule has 2 rings (SSSR count). The summed E-state index contributed by atoms with van der Waals surface area (Å²) < 4.78 is 1.83. The van der Waals surface area contributed by atoms with Crippen molar-refractivity contribution in [1.29, 1.82) is 0 Å². The van der Waals surface area contributed by atoms with Gasteiger partial charge in [-0.3, -0.25) is 10.2 Å². The van der Waals surface area contributed by atoms with Crippen LogP contribution in [0.1, 0.15) is 12.5 Å². The van der Waals surface area contributed by atoms with Gasteiger partial charge in [-0.15, -0.1) is 0 Å². The van der Waals surface area contributed by atoms with Crippen LogP contribution in [0.15, 0.2) is 30.7 Å². The highest BCUT2D eigenvalue weighted by Gasteiger charge is 2.11.